The fraction of sp³-hybridized carbons (Fsp3) is 0.478. The van der Waals surface area contributed by atoms with Crippen LogP contribution in [0.3, 0.4) is 0 Å². The van der Waals surface area contributed by atoms with Gasteiger partial charge in [0.1, 0.15) is 29.1 Å². The van der Waals surface area contributed by atoms with E-state index in [0.717, 1.165) is 18.7 Å². The molecule has 2 atom stereocenters. The molecule has 0 aliphatic heterocycles. The highest BCUT2D eigenvalue weighted by atomic mass is 35.5. The van der Waals surface area contributed by atoms with Gasteiger partial charge in [-0.05, 0) is 49.8 Å². The maximum Gasteiger partial charge on any atom is 0.239 e. The molecule has 4 rings (SSSR count). The molecular formula is C23H29ClN6O4S. The topological polar surface area (TPSA) is 116 Å². The third kappa shape index (κ3) is 5.32. The van der Waals surface area contributed by atoms with Crippen LogP contribution in [-0.2, 0) is 4.74 Å². The number of methoxy groups -OCH3 is 3. The summed E-state index contributed by atoms with van der Waals surface area (Å²) in [5.74, 6) is 3.56. The van der Waals surface area contributed by atoms with Crippen molar-refractivity contribution in [2.24, 2.45) is 5.92 Å². The van der Waals surface area contributed by atoms with E-state index in [0.29, 0.717) is 34.0 Å². The Hall–Kier alpha value is -2.60. The molecule has 0 radical (unpaired) electrons. The van der Waals surface area contributed by atoms with E-state index >= 15 is 0 Å². The van der Waals surface area contributed by atoms with Gasteiger partial charge in [-0.25, -0.2) is 9.97 Å². The predicted octanol–water partition coefficient (Wildman–Crippen LogP) is 4.05. The fourth-order valence-corrected chi connectivity index (χ4v) is 5.06. The van der Waals surface area contributed by atoms with Gasteiger partial charge in [0.05, 0.1) is 24.5 Å². The number of aliphatic hydroxyl groups is 1. The molecule has 1 fully saturated rings. The van der Waals surface area contributed by atoms with Crippen molar-refractivity contribution < 1.29 is 19.3 Å². The maximum absolute atomic E-state index is 9.51. The van der Waals surface area contributed by atoms with Gasteiger partial charge in [-0.1, -0.05) is 17.7 Å². The molecule has 2 heterocycles. The summed E-state index contributed by atoms with van der Waals surface area (Å²) in [7, 11) is 4.85. The lowest BCUT2D eigenvalue weighted by Gasteiger charge is -2.33. The minimum Gasteiger partial charge on any atom is -0.494 e. The molecule has 1 aliphatic carbocycles. The van der Waals surface area contributed by atoms with Crippen LogP contribution in [0.25, 0.3) is 5.69 Å². The summed E-state index contributed by atoms with van der Waals surface area (Å²) >= 11 is 7.35. The summed E-state index contributed by atoms with van der Waals surface area (Å²) in [5.41, 5.74) is 0.713. The van der Waals surface area contributed by atoms with Crippen molar-refractivity contribution in [3.63, 3.8) is 0 Å². The highest BCUT2D eigenvalue weighted by Gasteiger charge is 2.36. The Morgan fingerprint density at radius 1 is 1.14 bits per heavy atom. The molecule has 0 saturated heterocycles. The minimum absolute atomic E-state index is 0.0863. The number of ether oxygens (including phenoxy) is 3. The molecule has 3 aromatic rings. The number of para-hydroxylation sites is 1. The van der Waals surface area contributed by atoms with Gasteiger partial charge in [-0.2, -0.15) is 0 Å². The van der Waals surface area contributed by atoms with E-state index in [2.05, 4.69) is 24.9 Å². The summed E-state index contributed by atoms with van der Waals surface area (Å²) in [5, 5.41) is 18.9. The van der Waals surface area contributed by atoms with Crippen LogP contribution in [-0.4, -0.2) is 63.0 Å². The Morgan fingerprint density at radius 3 is 2.37 bits per heavy atom. The molecule has 2 aromatic heterocycles. The molecule has 1 aliphatic rings. The van der Waals surface area contributed by atoms with Crippen molar-refractivity contribution in [3.8, 4) is 17.2 Å². The monoisotopic (exact) mass is 520 g/mol. The summed E-state index contributed by atoms with van der Waals surface area (Å²) in [6.45, 7) is 2.18. The normalized spacial score (nSPS) is 19.0. The molecular weight excluding hydrogens is 492 g/mol. The van der Waals surface area contributed by atoms with E-state index in [9.17, 15) is 5.11 Å². The number of rotatable bonds is 11. The SMILES string of the molecule is COc1cccc(OC)c1-n1c(NSC(C)C(OC)c2ncc(Cl)cn2)nnc1C1CC(CO)C1. The van der Waals surface area contributed by atoms with E-state index in [1.165, 1.54) is 11.9 Å². The Kier molecular flexibility index (Phi) is 8.32. The van der Waals surface area contributed by atoms with Crippen molar-refractivity contribution in [1.29, 1.82) is 0 Å². The highest BCUT2D eigenvalue weighted by Crippen LogP contribution is 2.44. The quantitative estimate of drug-likeness (QED) is 0.358. The van der Waals surface area contributed by atoms with Crippen molar-refractivity contribution >= 4 is 29.5 Å². The number of benzene rings is 1. The second kappa shape index (κ2) is 11.4. The summed E-state index contributed by atoms with van der Waals surface area (Å²) in [6.07, 6.45) is 4.41. The van der Waals surface area contributed by atoms with Gasteiger partial charge in [0, 0.05) is 32.0 Å². The second-order valence-electron chi connectivity index (χ2n) is 8.29. The molecule has 0 bridgehead atoms. The van der Waals surface area contributed by atoms with E-state index in [1.807, 2.05) is 29.7 Å². The van der Waals surface area contributed by atoms with Crippen LogP contribution < -0.4 is 14.2 Å². The smallest absolute Gasteiger partial charge is 0.239 e. The number of nitrogens with zero attached hydrogens (tertiary/aromatic N) is 5. The van der Waals surface area contributed by atoms with Crippen molar-refractivity contribution in [3.05, 3.63) is 47.3 Å². The molecule has 2 unspecified atom stereocenters. The van der Waals surface area contributed by atoms with Crippen LogP contribution in [0.15, 0.2) is 30.6 Å². The fourth-order valence-electron chi connectivity index (χ4n) is 4.18. The average Bonchev–Trinajstić information content (AvgIpc) is 3.26. The van der Waals surface area contributed by atoms with Crippen LogP contribution in [0.5, 0.6) is 11.5 Å². The summed E-state index contributed by atoms with van der Waals surface area (Å²) < 4.78 is 22.3. The standard InChI is InChI=1S/C23H29ClN6O4S/c1-13(20(34-4)21-25-10-16(24)11-26-21)35-29-23-28-27-22(15-8-14(9-15)12-31)30(23)19-17(32-2)6-5-7-18(19)33-3/h5-7,10-11,13-15,20,31H,8-9,12H2,1-4H3,(H,28,29). The van der Waals surface area contributed by atoms with Crippen molar-refractivity contribution in [2.45, 2.75) is 37.0 Å². The van der Waals surface area contributed by atoms with E-state index < -0.39 is 0 Å². The molecule has 2 N–H and O–H groups in total. The van der Waals surface area contributed by atoms with Gasteiger partial charge in [0.2, 0.25) is 5.95 Å². The van der Waals surface area contributed by atoms with Gasteiger partial charge in [0.15, 0.2) is 5.82 Å². The van der Waals surface area contributed by atoms with Crippen LogP contribution in [0.4, 0.5) is 5.95 Å². The molecule has 188 valence electrons. The Balaban J connectivity index is 1.64. The van der Waals surface area contributed by atoms with Gasteiger partial charge in [-0.3, -0.25) is 9.29 Å². The number of aliphatic hydroxyl groups excluding tert-OH is 1. The van der Waals surface area contributed by atoms with E-state index in [-0.39, 0.29) is 29.8 Å². The first kappa shape index (κ1) is 25.5. The van der Waals surface area contributed by atoms with Crippen molar-refractivity contribution in [2.75, 3.05) is 32.7 Å². The molecule has 12 heteroatoms. The van der Waals surface area contributed by atoms with E-state index in [4.69, 9.17) is 25.8 Å². The lowest BCUT2D eigenvalue weighted by atomic mass is 9.75. The number of nitrogens with one attached hydrogen (secondary N) is 1. The Labute approximate surface area is 213 Å². The molecule has 1 saturated carbocycles. The molecule has 35 heavy (non-hydrogen) atoms. The van der Waals surface area contributed by atoms with Crippen LogP contribution >= 0.6 is 23.5 Å². The molecule has 1 aromatic carbocycles. The Morgan fingerprint density at radius 2 is 1.80 bits per heavy atom. The number of hydrogen-bond acceptors (Lipinski definition) is 10. The maximum atomic E-state index is 9.51. The highest BCUT2D eigenvalue weighted by molar-refractivity contribution is 8.01. The zero-order valence-corrected chi connectivity index (χ0v) is 21.6. The number of anilines is 1. The summed E-state index contributed by atoms with van der Waals surface area (Å²) in [6, 6.07) is 5.62. The summed E-state index contributed by atoms with van der Waals surface area (Å²) in [4.78, 5) is 8.60. The molecule has 10 nitrogen and oxygen atoms in total. The van der Waals surface area contributed by atoms with Crippen LogP contribution in [0, 0.1) is 5.92 Å². The first-order valence-electron chi connectivity index (χ1n) is 11.2. The van der Waals surface area contributed by atoms with Crippen molar-refractivity contribution in [1.82, 2.24) is 24.7 Å². The largest absolute Gasteiger partial charge is 0.494 e. The molecule has 0 amide bonds. The van der Waals surface area contributed by atoms with Crippen LogP contribution in [0.1, 0.15) is 43.4 Å². The lowest BCUT2D eigenvalue weighted by molar-refractivity contribution is 0.0972. The van der Waals surface area contributed by atoms with Crippen LogP contribution in [0.2, 0.25) is 5.02 Å². The Bertz CT molecular complexity index is 1100. The van der Waals surface area contributed by atoms with Gasteiger partial charge >= 0.3 is 0 Å². The van der Waals surface area contributed by atoms with Gasteiger partial charge in [-0.15, -0.1) is 10.2 Å². The third-order valence-corrected chi connectivity index (χ3v) is 7.20. The predicted molar refractivity (Wildman–Crippen MR) is 134 cm³/mol. The molecule has 0 spiro atoms. The van der Waals surface area contributed by atoms with Gasteiger partial charge in [0.25, 0.3) is 0 Å². The zero-order chi connectivity index (χ0) is 24.9. The number of halogens is 1. The number of hydrogen-bond donors (Lipinski definition) is 2. The average molecular weight is 521 g/mol. The zero-order valence-electron chi connectivity index (χ0n) is 20.0. The first-order chi connectivity index (χ1) is 17.0. The minimum atomic E-state index is -0.377. The first-order valence-corrected chi connectivity index (χ1v) is 12.5. The van der Waals surface area contributed by atoms with Gasteiger partial charge < -0.3 is 19.3 Å². The third-order valence-electron chi connectivity index (χ3n) is 6.08. The lowest BCUT2D eigenvalue weighted by Crippen LogP contribution is -2.27. The number of aromatic nitrogens is 5. The second-order valence-corrected chi connectivity index (χ2v) is 9.91. The van der Waals surface area contributed by atoms with E-state index in [1.54, 1.807) is 33.7 Å².